The third kappa shape index (κ3) is 4.75. The van der Waals surface area contributed by atoms with Crippen molar-refractivity contribution in [1.82, 2.24) is 5.32 Å². The van der Waals surface area contributed by atoms with Crippen LogP contribution in [0.1, 0.15) is 64.9 Å². The van der Waals surface area contributed by atoms with Crippen molar-refractivity contribution < 1.29 is 13.2 Å². The number of nitrogens with one attached hydrogen (secondary N) is 2. The van der Waals surface area contributed by atoms with E-state index in [1.165, 1.54) is 0 Å². The Hall–Kier alpha value is -1.56. The molecule has 0 spiro atoms. The molecule has 1 unspecified atom stereocenters. The van der Waals surface area contributed by atoms with Crippen molar-refractivity contribution >= 4 is 21.6 Å². The summed E-state index contributed by atoms with van der Waals surface area (Å²) in [5.74, 6) is 0.138. The van der Waals surface area contributed by atoms with Gasteiger partial charge in [0.2, 0.25) is 15.9 Å². The molecule has 1 aliphatic carbocycles. The van der Waals surface area contributed by atoms with Crippen LogP contribution in [0.15, 0.2) is 24.3 Å². The molecule has 0 radical (unpaired) electrons. The van der Waals surface area contributed by atoms with Crippen molar-refractivity contribution in [2.45, 2.75) is 70.8 Å². The highest BCUT2D eigenvalue weighted by atomic mass is 32.2. The number of hydrogen-bond donors (Lipinski definition) is 2. The number of hydrogen-bond acceptors (Lipinski definition) is 3. The van der Waals surface area contributed by atoms with Gasteiger partial charge in [0.25, 0.3) is 0 Å². The minimum atomic E-state index is -3.29. The van der Waals surface area contributed by atoms with Crippen LogP contribution < -0.4 is 10.0 Å². The van der Waals surface area contributed by atoms with Gasteiger partial charge in [-0.15, -0.1) is 0 Å². The Balaban J connectivity index is 2.27. The Morgan fingerprint density at radius 2 is 1.72 bits per heavy atom. The standard InChI is InChI=1S/C19H30N2O3S/c1-4-15(3)20-18(22)19(13-7-6-8-14-19)16-9-11-17(12-10-16)21-25(23,24)5-2/h9-12,15,21H,4-8,13-14H2,1-3H3,(H,20,22). The third-order valence-corrected chi connectivity index (χ3v) is 6.53. The predicted octanol–water partition coefficient (Wildman–Crippen LogP) is 3.56. The van der Waals surface area contributed by atoms with E-state index in [1.807, 2.05) is 19.1 Å². The Kier molecular flexibility index (Phi) is 6.49. The summed E-state index contributed by atoms with van der Waals surface area (Å²) in [7, 11) is -3.29. The van der Waals surface area contributed by atoms with Gasteiger partial charge in [0.05, 0.1) is 11.2 Å². The molecule has 1 aromatic rings. The van der Waals surface area contributed by atoms with Gasteiger partial charge in [0.15, 0.2) is 0 Å². The first-order valence-electron chi connectivity index (χ1n) is 9.25. The fraction of sp³-hybridized carbons (Fsp3) is 0.632. The molecule has 1 amide bonds. The summed E-state index contributed by atoms with van der Waals surface area (Å²) in [4.78, 5) is 13.0. The molecule has 1 aromatic carbocycles. The third-order valence-electron chi connectivity index (χ3n) is 5.22. The van der Waals surface area contributed by atoms with E-state index < -0.39 is 15.4 Å². The number of benzene rings is 1. The zero-order valence-electron chi connectivity index (χ0n) is 15.5. The normalized spacial score (nSPS) is 18.4. The monoisotopic (exact) mass is 366 g/mol. The average Bonchev–Trinajstić information content (AvgIpc) is 2.62. The average molecular weight is 367 g/mol. The summed E-state index contributed by atoms with van der Waals surface area (Å²) in [6.07, 6.45) is 5.83. The van der Waals surface area contributed by atoms with Crippen molar-refractivity contribution in [2.75, 3.05) is 10.5 Å². The molecule has 0 aliphatic heterocycles. The zero-order valence-corrected chi connectivity index (χ0v) is 16.3. The number of sulfonamides is 1. The van der Waals surface area contributed by atoms with Crippen LogP contribution in [0.5, 0.6) is 0 Å². The van der Waals surface area contributed by atoms with Gasteiger partial charge in [-0.25, -0.2) is 8.42 Å². The van der Waals surface area contributed by atoms with E-state index in [4.69, 9.17) is 0 Å². The van der Waals surface area contributed by atoms with Crippen molar-refractivity contribution in [1.29, 1.82) is 0 Å². The van der Waals surface area contributed by atoms with Crippen LogP contribution in [0.25, 0.3) is 0 Å². The van der Waals surface area contributed by atoms with Crippen molar-refractivity contribution in [2.24, 2.45) is 0 Å². The highest BCUT2D eigenvalue weighted by molar-refractivity contribution is 7.92. The van der Waals surface area contributed by atoms with Crippen LogP contribution in [0, 0.1) is 0 Å². The number of carbonyl (C=O) groups is 1. The topological polar surface area (TPSA) is 75.3 Å². The largest absolute Gasteiger partial charge is 0.353 e. The van der Waals surface area contributed by atoms with Gasteiger partial charge in [0.1, 0.15) is 0 Å². The maximum Gasteiger partial charge on any atom is 0.232 e. The van der Waals surface area contributed by atoms with E-state index >= 15 is 0 Å². The predicted molar refractivity (Wildman–Crippen MR) is 102 cm³/mol. The smallest absolute Gasteiger partial charge is 0.232 e. The van der Waals surface area contributed by atoms with Gasteiger partial charge < -0.3 is 5.32 Å². The van der Waals surface area contributed by atoms with Gasteiger partial charge in [0, 0.05) is 11.7 Å². The molecule has 1 aliphatic rings. The number of anilines is 1. The van der Waals surface area contributed by atoms with E-state index in [1.54, 1.807) is 19.1 Å². The van der Waals surface area contributed by atoms with Gasteiger partial charge in [-0.1, -0.05) is 38.3 Å². The molecule has 2 rings (SSSR count). The Labute approximate surface area is 151 Å². The summed E-state index contributed by atoms with van der Waals surface area (Å²) < 4.78 is 26.0. The molecule has 1 atom stereocenters. The van der Waals surface area contributed by atoms with Crippen LogP contribution in [0.2, 0.25) is 0 Å². The second-order valence-corrected chi connectivity index (χ2v) is 9.02. The van der Waals surface area contributed by atoms with Crippen LogP contribution >= 0.6 is 0 Å². The van der Waals surface area contributed by atoms with Crippen LogP contribution in [-0.2, 0) is 20.2 Å². The Morgan fingerprint density at radius 3 is 2.24 bits per heavy atom. The minimum Gasteiger partial charge on any atom is -0.353 e. The summed E-state index contributed by atoms with van der Waals surface area (Å²) >= 11 is 0. The molecule has 0 heterocycles. The maximum atomic E-state index is 13.0. The first kappa shape index (κ1) is 19.8. The highest BCUT2D eigenvalue weighted by Crippen LogP contribution is 2.40. The molecular weight excluding hydrogens is 336 g/mol. The lowest BCUT2D eigenvalue weighted by molar-refractivity contribution is -0.128. The molecule has 140 valence electrons. The SMILES string of the molecule is CCC(C)NC(=O)C1(c2ccc(NS(=O)(=O)CC)cc2)CCCCC1. The molecule has 0 saturated heterocycles. The Bertz CT molecular complexity index is 677. The van der Waals surface area contributed by atoms with E-state index in [2.05, 4.69) is 17.0 Å². The summed E-state index contributed by atoms with van der Waals surface area (Å²) in [6.45, 7) is 5.69. The number of carbonyl (C=O) groups excluding carboxylic acids is 1. The first-order valence-corrected chi connectivity index (χ1v) is 10.9. The fourth-order valence-corrected chi connectivity index (χ4v) is 4.01. The number of rotatable bonds is 7. The molecule has 25 heavy (non-hydrogen) atoms. The van der Waals surface area contributed by atoms with E-state index in [0.717, 1.165) is 44.1 Å². The lowest BCUT2D eigenvalue weighted by atomic mass is 9.68. The van der Waals surface area contributed by atoms with Gasteiger partial charge in [-0.05, 0) is 50.8 Å². The molecule has 0 bridgehead atoms. The van der Waals surface area contributed by atoms with E-state index in [-0.39, 0.29) is 17.7 Å². The highest BCUT2D eigenvalue weighted by Gasteiger charge is 2.41. The second kappa shape index (κ2) is 8.21. The van der Waals surface area contributed by atoms with Crippen LogP contribution in [0.4, 0.5) is 5.69 Å². The lowest BCUT2D eigenvalue weighted by Crippen LogP contribution is -2.48. The molecule has 6 heteroatoms. The van der Waals surface area contributed by atoms with E-state index in [9.17, 15) is 13.2 Å². The Morgan fingerprint density at radius 1 is 1.12 bits per heavy atom. The van der Waals surface area contributed by atoms with Crippen LogP contribution in [-0.4, -0.2) is 26.1 Å². The van der Waals surface area contributed by atoms with Gasteiger partial charge in [-0.3, -0.25) is 9.52 Å². The molecule has 2 N–H and O–H groups in total. The maximum absolute atomic E-state index is 13.0. The molecule has 0 aromatic heterocycles. The van der Waals surface area contributed by atoms with Gasteiger partial charge in [-0.2, -0.15) is 0 Å². The molecule has 5 nitrogen and oxygen atoms in total. The van der Waals surface area contributed by atoms with Crippen molar-refractivity contribution in [3.05, 3.63) is 29.8 Å². The minimum absolute atomic E-state index is 0.0377. The summed E-state index contributed by atoms with van der Waals surface area (Å²) in [5.41, 5.74) is 1.02. The quantitative estimate of drug-likeness (QED) is 0.775. The molecule has 1 saturated carbocycles. The first-order chi connectivity index (χ1) is 11.8. The van der Waals surface area contributed by atoms with Crippen molar-refractivity contribution in [3.63, 3.8) is 0 Å². The second-order valence-electron chi connectivity index (χ2n) is 7.01. The van der Waals surface area contributed by atoms with E-state index in [0.29, 0.717) is 5.69 Å². The fourth-order valence-electron chi connectivity index (χ4n) is 3.38. The summed E-state index contributed by atoms with van der Waals surface area (Å²) in [5, 5.41) is 3.15. The van der Waals surface area contributed by atoms with Gasteiger partial charge >= 0.3 is 0 Å². The zero-order chi connectivity index (χ0) is 18.5. The van der Waals surface area contributed by atoms with Crippen molar-refractivity contribution in [3.8, 4) is 0 Å². The van der Waals surface area contributed by atoms with Crippen LogP contribution in [0.3, 0.4) is 0 Å². The molecular formula is C19H30N2O3S. The molecule has 1 fully saturated rings. The summed E-state index contributed by atoms with van der Waals surface area (Å²) in [6, 6.07) is 7.47. The lowest BCUT2D eigenvalue weighted by Gasteiger charge is -2.37. The number of amides is 1.